The number of ether oxygens (including phenoxy) is 2. The van der Waals surface area contributed by atoms with Gasteiger partial charge in [-0.05, 0) is 44.9 Å². The Labute approximate surface area is 236 Å². The average molecular weight is 610 g/mol. The SMILES string of the molecule is CCn1nc(C(=O)NCC2CCC(S(C)(=O)=O)CC2)c(Cl)c1-c1cnc(NCCCOCC(F)(F)F)cc1OC. The van der Waals surface area contributed by atoms with Gasteiger partial charge < -0.3 is 20.1 Å². The molecular weight excluding hydrogens is 575 g/mol. The van der Waals surface area contributed by atoms with Crippen LogP contribution in [0.3, 0.4) is 0 Å². The van der Waals surface area contributed by atoms with E-state index < -0.39 is 28.5 Å². The highest BCUT2D eigenvalue weighted by Gasteiger charge is 2.30. The topological polar surface area (TPSA) is 124 Å². The summed E-state index contributed by atoms with van der Waals surface area (Å²) in [5, 5.41) is 10.1. The lowest BCUT2D eigenvalue weighted by atomic mass is 9.89. The number of amides is 1. The first-order valence-corrected chi connectivity index (χ1v) is 15.3. The number of halogens is 4. The number of sulfone groups is 1. The predicted octanol–water partition coefficient (Wildman–Crippen LogP) is 4.34. The van der Waals surface area contributed by atoms with Gasteiger partial charge in [-0.3, -0.25) is 9.48 Å². The summed E-state index contributed by atoms with van der Waals surface area (Å²) in [6.07, 6.45) is 1.36. The van der Waals surface area contributed by atoms with E-state index in [1.165, 1.54) is 19.6 Å². The lowest BCUT2D eigenvalue weighted by Crippen LogP contribution is -2.34. The summed E-state index contributed by atoms with van der Waals surface area (Å²) < 4.78 is 71.8. The standard InChI is InChI=1S/C25H35ClF3N5O5S/c1-4-34-23(18-14-31-20(12-19(18)38-2)30-10-5-11-39-15-25(27,28)29)21(26)22(33-34)24(35)32-13-16-6-8-17(9-7-16)40(3,36)37/h12,14,16-17H,4-11,13,15H2,1-3H3,(H,30,31)(H,32,35). The molecule has 40 heavy (non-hydrogen) atoms. The van der Waals surface area contributed by atoms with Crippen molar-refractivity contribution < 1.29 is 35.9 Å². The molecule has 1 amide bonds. The van der Waals surface area contributed by atoms with Crippen molar-refractivity contribution in [1.82, 2.24) is 20.1 Å². The van der Waals surface area contributed by atoms with Gasteiger partial charge in [-0.1, -0.05) is 11.6 Å². The van der Waals surface area contributed by atoms with Gasteiger partial charge >= 0.3 is 6.18 Å². The third-order valence-corrected chi connectivity index (χ3v) is 8.78. The van der Waals surface area contributed by atoms with E-state index in [4.69, 9.17) is 16.3 Å². The van der Waals surface area contributed by atoms with Crippen LogP contribution in [0.15, 0.2) is 12.3 Å². The molecule has 2 heterocycles. The van der Waals surface area contributed by atoms with E-state index in [-0.39, 0.29) is 28.5 Å². The van der Waals surface area contributed by atoms with Crippen LogP contribution in [0, 0.1) is 5.92 Å². The summed E-state index contributed by atoms with van der Waals surface area (Å²) in [5.41, 5.74) is 1.03. The van der Waals surface area contributed by atoms with E-state index in [0.717, 1.165) is 0 Å². The molecule has 2 aromatic rings. The zero-order valence-corrected chi connectivity index (χ0v) is 24.3. The van der Waals surface area contributed by atoms with E-state index >= 15 is 0 Å². The molecule has 0 atom stereocenters. The Morgan fingerprint density at radius 1 is 1.25 bits per heavy atom. The Morgan fingerprint density at radius 2 is 1.95 bits per heavy atom. The molecule has 0 aliphatic heterocycles. The number of nitrogens with one attached hydrogen (secondary N) is 2. The van der Waals surface area contributed by atoms with Crippen molar-refractivity contribution in [3.05, 3.63) is 23.0 Å². The molecule has 1 fully saturated rings. The number of carbonyl (C=O) groups excluding carboxylic acids is 1. The Hall–Kier alpha value is -2.58. The number of hydrogen-bond acceptors (Lipinski definition) is 8. The second-order valence-corrected chi connectivity index (χ2v) is 12.4. The minimum atomic E-state index is -4.36. The third-order valence-electron chi connectivity index (χ3n) is 6.74. The number of pyridine rings is 1. The number of hydrogen-bond donors (Lipinski definition) is 2. The van der Waals surface area contributed by atoms with Crippen LogP contribution in [-0.2, 0) is 21.1 Å². The first-order valence-electron chi connectivity index (χ1n) is 13.0. The summed E-state index contributed by atoms with van der Waals surface area (Å²) >= 11 is 6.66. The van der Waals surface area contributed by atoms with E-state index in [1.807, 2.05) is 6.92 Å². The highest BCUT2D eigenvalue weighted by atomic mass is 35.5. The number of aryl methyl sites for hydroxylation is 1. The van der Waals surface area contributed by atoms with Crippen LogP contribution in [0.5, 0.6) is 5.75 Å². The number of alkyl halides is 3. The molecule has 1 aliphatic rings. The molecular formula is C25H35ClF3N5O5S. The third kappa shape index (κ3) is 8.71. The fourth-order valence-electron chi connectivity index (χ4n) is 4.62. The van der Waals surface area contributed by atoms with Crippen LogP contribution in [0.4, 0.5) is 19.0 Å². The van der Waals surface area contributed by atoms with Gasteiger partial charge in [0.05, 0.1) is 28.6 Å². The van der Waals surface area contributed by atoms with Gasteiger partial charge in [-0.25, -0.2) is 13.4 Å². The maximum atomic E-state index is 13.0. The number of aromatic nitrogens is 3. The summed E-state index contributed by atoms with van der Waals surface area (Å²) in [7, 11) is -1.59. The Morgan fingerprint density at radius 3 is 2.55 bits per heavy atom. The zero-order chi connectivity index (χ0) is 29.5. The summed E-state index contributed by atoms with van der Waals surface area (Å²) in [5.74, 6) is 0.603. The maximum Gasteiger partial charge on any atom is 0.411 e. The van der Waals surface area contributed by atoms with Gasteiger partial charge in [-0.2, -0.15) is 18.3 Å². The molecule has 0 spiro atoms. The van der Waals surface area contributed by atoms with Crippen molar-refractivity contribution >= 4 is 33.2 Å². The van der Waals surface area contributed by atoms with E-state index in [0.29, 0.717) is 74.6 Å². The molecule has 0 radical (unpaired) electrons. The van der Waals surface area contributed by atoms with Crippen molar-refractivity contribution in [1.29, 1.82) is 0 Å². The Bertz CT molecular complexity index is 1260. The average Bonchev–Trinajstić information content (AvgIpc) is 3.24. The molecule has 15 heteroatoms. The lowest BCUT2D eigenvalue weighted by molar-refractivity contribution is -0.173. The van der Waals surface area contributed by atoms with Crippen LogP contribution >= 0.6 is 11.6 Å². The molecule has 0 aromatic carbocycles. The van der Waals surface area contributed by atoms with Gasteiger partial charge in [0.1, 0.15) is 28.0 Å². The molecule has 1 saturated carbocycles. The highest BCUT2D eigenvalue weighted by Crippen LogP contribution is 2.37. The Balaban J connectivity index is 1.64. The number of methoxy groups -OCH3 is 1. The summed E-state index contributed by atoms with van der Waals surface area (Å²) in [4.78, 5) is 17.4. The lowest BCUT2D eigenvalue weighted by Gasteiger charge is -2.27. The fraction of sp³-hybridized carbons (Fsp3) is 0.640. The zero-order valence-electron chi connectivity index (χ0n) is 22.7. The normalized spacial score (nSPS) is 18.0. The van der Waals surface area contributed by atoms with Crippen molar-refractivity contribution in [3.63, 3.8) is 0 Å². The van der Waals surface area contributed by atoms with Crippen molar-refractivity contribution in [2.45, 2.75) is 57.0 Å². The molecule has 10 nitrogen and oxygen atoms in total. The van der Waals surface area contributed by atoms with Gasteiger partial charge in [0.25, 0.3) is 5.91 Å². The van der Waals surface area contributed by atoms with Crippen LogP contribution in [0.1, 0.15) is 49.5 Å². The van der Waals surface area contributed by atoms with Gasteiger partial charge in [0.2, 0.25) is 0 Å². The molecule has 0 unspecified atom stereocenters. The van der Waals surface area contributed by atoms with Crippen molar-refractivity contribution in [3.8, 4) is 17.0 Å². The smallest absolute Gasteiger partial charge is 0.411 e. The van der Waals surface area contributed by atoms with E-state index in [9.17, 15) is 26.4 Å². The predicted molar refractivity (Wildman–Crippen MR) is 146 cm³/mol. The van der Waals surface area contributed by atoms with E-state index in [1.54, 1.807) is 10.7 Å². The second-order valence-electron chi connectivity index (χ2n) is 9.73. The summed E-state index contributed by atoms with van der Waals surface area (Å²) in [6.45, 7) is 1.66. The van der Waals surface area contributed by atoms with Gasteiger partial charge in [-0.15, -0.1) is 0 Å². The number of nitrogens with zero attached hydrogens (tertiary/aromatic N) is 3. The van der Waals surface area contributed by atoms with Crippen LogP contribution < -0.4 is 15.4 Å². The molecule has 224 valence electrons. The minimum absolute atomic E-state index is 0.0558. The molecule has 3 rings (SSSR count). The molecule has 2 aromatic heterocycles. The van der Waals surface area contributed by atoms with Gasteiger partial charge in [0, 0.05) is 44.8 Å². The van der Waals surface area contributed by atoms with Crippen molar-refractivity contribution in [2.75, 3.05) is 45.0 Å². The first-order chi connectivity index (χ1) is 18.8. The molecule has 0 saturated heterocycles. The van der Waals surface area contributed by atoms with Crippen LogP contribution in [-0.4, -0.2) is 80.2 Å². The largest absolute Gasteiger partial charge is 0.496 e. The van der Waals surface area contributed by atoms with E-state index in [2.05, 4.69) is 25.5 Å². The van der Waals surface area contributed by atoms with Crippen LogP contribution in [0.2, 0.25) is 5.02 Å². The minimum Gasteiger partial charge on any atom is -0.496 e. The first kappa shape index (κ1) is 31.9. The fourth-order valence-corrected chi connectivity index (χ4v) is 6.07. The van der Waals surface area contributed by atoms with Crippen LogP contribution in [0.25, 0.3) is 11.3 Å². The van der Waals surface area contributed by atoms with Crippen molar-refractivity contribution in [2.24, 2.45) is 5.92 Å². The Kier molecular flexibility index (Phi) is 11.1. The van der Waals surface area contributed by atoms with Gasteiger partial charge in [0.15, 0.2) is 5.69 Å². The number of carbonyl (C=O) groups is 1. The second kappa shape index (κ2) is 13.9. The molecule has 0 bridgehead atoms. The number of anilines is 1. The quantitative estimate of drug-likeness (QED) is 0.321. The maximum absolute atomic E-state index is 13.0. The molecule has 1 aliphatic carbocycles. The summed E-state index contributed by atoms with van der Waals surface area (Å²) in [6, 6.07) is 1.63. The monoisotopic (exact) mass is 609 g/mol. The number of rotatable bonds is 13. The molecule has 2 N–H and O–H groups in total. The highest BCUT2D eigenvalue weighted by molar-refractivity contribution is 7.91.